The normalized spacial score (nSPS) is 14.9. The maximum Gasteiger partial charge on any atom is 0.410 e. The van der Waals surface area contributed by atoms with E-state index in [2.05, 4.69) is 22.2 Å². The third-order valence-electron chi connectivity index (χ3n) is 15.9. The predicted octanol–water partition coefficient (Wildman–Crippen LogP) is 18.4. The lowest BCUT2D eigenvalue weighted by Crippen LogP contribution is -2.34. The number of carbonyl (C=O) groups excluding carboxylic acids is 2. The van der Waals surface area contributed by atoms with Gasteiger partial charge in [-0.25, -0.2) is 50.0 Å². The number of hydrogen-bond donors (Lipinski definition) is 0. The summed E-state index contributed by atoms with van der Waals surface area (Å²) < 4.78 is 116. The number of hydrogen-bond acceptors (Lipinski definition) is 10. The van der Waals surface area contributed by atoms with Gasteiger partial charge in [0.1, 0.15) is 81.7 Å². The van der Waals surface area contributed by atoms with Gasteiger partial charge >= 0.3 is 12.2 Å². The second kappa shape index (κ2) is 35.3. The van der Waals surface area contributed by atoms with E-state index in [-0.39, 0.29) is 67.0 Å². The molecule has 3 aromatic carbocycles. The lowest BCUT2D eigenvalue weighted by atomic mass is 9.89. The highest BCUT2D eigenvalue weighted by molar-refractivity contribution is 6.32. The van der Waals surface area contributed by atoms with Crippen molar-refractivity contribution < 1.29 is 59.6 Å². The van der Waals surface area contributed by atoms with Crippen molar-refractivity contribution in [2.75, 3.05) is 14.1 Å². The molecule has 9 rings (SSSR count). The van der Waals surface area contributed by atoms with Gasteiger partial charge in [-0.1, -0.05) is 94.3 Å². The van der Waals surface area contributed by atoms with Crippen LogP contribution in [0.5, 0.6) is 17.6 Å². The Kier molecular flexibility index (Phi) is 28.6. The van der Waals surface area contributed by atoms with Crippen molar-refractivity contribution in [1.82, 2.24) is 39.1 Å². The lowest BCUT2D eigenvalue weighted by molar-refractivity contribution is 0.0273. The fourth-order valence-electron chi connectivity index (χ4n) is 11.3. The number of aryl methyl sites for hydroxylation is 1. The second-order valence-corrected chi connectivity index (χ2v) is 26.9. The van der Waals surface area contributed by atoms with Gasteiger partial charge in [-0.2, -0.15) is 15.3 Å². The number of nitrogens with zero attached hydrogens (tertiary/aromatic N) is 8. The van der Waals surface area contributed by atoms with E-state index in [0.29, 0.717) is 64.9 Å². The van der Waals surface area contributed by atoms with Crippen LogP contribution in [-0.2, 0) is 68.4 Å². The van der Waals surface area contributed by atoms with Gasteiger partial charge in [0, 0.05) is 56.5 Å². The van der Waals surface area contributed by atoms with Gasteiger partial charge in [-0.3, -0.25) is 0 Å². The fourth-order valence-corrected chi connectivity index (χ4v) is 11.8. The highest BCUT2D eigenvalue weighted by Gasteiger charge is 2.28. The molecule has 0 unspecified atom stereocenters. The van der Waals surface area contributed by atoms with Gasteiger partial charge in [0.05, 0.1) is 24.5 Å². The summed E-state index contributed by atoms with van der Waals surface area (Å²) in [5, 5.41) is 14.6. The van der Waals surface area contributed by atoms with Crippen LogP contribution in [0.3, 0.4) is 0 Å². The zero-order chi connectivity index (χ0) is 66.0. The quantitative estimate of drug-likeness (QED) is 0.0640. The Morgan fingerprint density at radius 3 is 1.26 bits per heavy atom. The fraction of sp³-hybridized carbons (Fsp3) is 0.574. The first-order valence-electron chi connectivity index (χ1n) is 31.9. The molecule has 2 amide bonds. The highest BCUT2D eigenvalue weighted by atomic mass is 35.5. The Morgan fingerprint density at radius 2 is 0.870 bits per heavy atom. The molecule has 3 aromatic heterocycles. The number of benzene rings is 3. The largest absolute Gasteiger partial charge is 0.473 e. The molecule has 0 radical (unpaired) electrons. The van der Waals surface area contributed by atoms with Gasteiger partial charge in [0.25, 0.3) is 0 Å². The van der Waals surface area contributed by atoms with Crippen LogP contribution in [-0.4, -0.2) is 76.6 Å². The number of aromatic nitrogens is 6. The molecule has 0 bridgehead atoms. The van der Waals surface area contributed by atoms with Crippen LogP contribution < -0.4 is 14.2 Å². The monoisotopic (exact) mass is 1350 g/mol. The highest BCUT2D eigenvalue weighted by Crippen LogP contribution is 2.36. The summed E-state index contributed by atoms with van der Waals surface area (Å²) in [5.41, 5.74) is 1.09. The van der Waals surface area contributed by atoms with Crippen LogP contribution >= 0.6 is 35.6 Å². The first-order valence-corrected chi connectivity index (χ1v) is 32.6. The van der Waals surface area contributed by atoms with E-state index in [4.69, 9.17) is 46.9 Å². The topological polar surface area (TPSA) is 140 Å². The SMILES string of the molecule is CCCc1nn(CC2CCCCC2)c(OCc2cc(F)ccc2F)c1Cl.CN(Cc1cc(OCc2cc(F)ccc2F)n(CC2CCCCC2)n1)C(=O)OC(C)(C)C.CN(Cc1nn(CC2CCCCC2)c(OCc2cc(F)ccc2F)c1Cl)C(=O)OC(C)(C)C.Cl. The Balaban J connectivity index is 0.000000220. The van der Waals surface area contributed by atoms with Crippen molar-refractivity contribution in [2.45, 2.75) is 221 Å². The molecule has 0 saturated heterocycles. The number of ether oxygens (including phenoxy) is 5. The Morgan fingerprint density at radius 1 is 0.511 bits per heavy atom. The van der Waals surface area contributed by atoms with E-state index in [9.17, 15) is 35.9 Å². The van der Waals surface area contributed by atoms with Crippen molar-refractivity contribution in [1.29, 1.82) is 0 Å². The third kappa shape index (κ3) is 23.3. The predicted molar refractivity (Wildman–Crippen MR) is 345 cm³/mol. The molecule has 3 aliphatic carbocycles. The first kappa shape index (κ1) is 74.7. The molecule has 0 atom stereocenters. The molecule has 3 saturated carbocycles. The van der Waals surface area contributed by atoms with E-state index in [1.165, 1.54) is 80.4 Å². The lowest BCUT2D eigenvalue weighted by Gasteiger charge is -2.24. The molecule has 0 spiro atoms. The van der Waals surface area contributed by atoms with Gasteiger partial charge in [0.15, 0.2) is 0 Å². The molecule has 0 N–H and O–H groups in total. The minimum absolute atomic E-state index is 0. The third-order valence-corrected chi connectivity index (χ3v) is 16.7. The smallest absolute Gasteiger partial charge is 0.410 e. The average Bonchev–Trinajstić information content (AvgIpc) is 1.72. The summed E-state index contributed by atoms with van der Waals surface area (Å²) in [6.07, 6.45) is 18.5. The van der Waals surface area contributed by atoms with E-state index >= 15 is 0 Å². The maximum absolute atomic E-state index is 14.1. The number of halogens is 9. The van der Waals surface area contributed by atoms with Crippen LogP contribution in [0.4, 0.5) is 35.9 Å². The van der Waals surface area contributed by atoms with Crippen molar-refractivity contribution >= 4 is 47.8 Å². The van der Waals surface area contributed by atoms with Crippen molar-refractivity contribution in [3.8, 4) is 17.6 Å². The summed E-state index contributed by atoms with van der Waals surface area (Å²) in [6.45, 7) is 14.9. The van der Waals surface area contributed by atoms with Gasteiger partial charge in [-0.15, -0.1) is 12.4 Å². The first-order chi connectivity index (χ1) is 43.2. The molecular formula is C68H91Cl3F6N8O7. The van der Waals surface area contributed by atoms with Crippen LogP contribution in [0.2, 0.25) is 10.0 Å². The summed E-state index contributed by atoms with van der Waals surface area (Å²) in [6, 6.07) is 11.6. The van der Waals surface area contributed by atoms with Crippen LogP contribution in [0.1, 0.15) is 185 Å². The van der Waals surface area contributed by atoms with Crippen molar-refractivity contribution in [3.63, 3.8) is 0 Å². The molecule has 6 aromatic rings. The average molecular weight is 1350 g/mol. The van der Waals surface area contributed by atoms with Crippen LogP contribution in [0.15, 0.2) is 60.7 Å². The summed E-state index contributed by atoms with van der Waals surface area (Å²) in [4.78, 5) is 27.5. The Labute approximate surface area is 554 Å². The van der Waals surface area contributed by atoms with Crippen molar-refractivity contribution in [2.24, 2.45) is 17.8 Å². The Bertz CT molecular complexity index is 3320. The molecule has 3 aliphatic rings. The van der Waals surface area contributed by atoms with E-state index in [1.54, 1.807) is 50.3 Å². The van der Waals surface area contributed by atoms with E-state index < -0.39 is 58.3 Å². The number of amides is 2. The Hall–Kier alpha value is -6.32. The molecule has 3 fully saturated rings. The van der Waals surface area contributed by atoms with Crippen LogP contribution in [0.25, 0.3) is 0 Å². The zero-order valence-corrected chi connectivity index (χ0v) is 56.9. The molecule has 24 heteroatoms. The molecule has 508 valence electrons. The minimum atomic E-state index is -0.626. The van der Waals surface area contributed by atoms with Gasteiger partial charge in [0.2, 0.25) is 17.6 Å². The van der Waals surface area contributed by atoms with Gasteiger partial charge < -0.3 is 33.5 Å². The molecule has 0 aliphatic heterocycles. The van der Waals surface area contributed by atoms with E-state index in [1.807, 2.05) is 25.5 Å². The molecular weight excluding hydrogens is 1260 g/mol. The summed E-state index contributed by atoms with van der Waals surface area (Å²) in [7, 11) is 3.25. The maximum atomic E-state index is 14.1. The van der Waals surface area contributed by atoms with Crippen LogP contribution in [0, 0.1) is 52.7 Å². The zero-order valence-electron chi connectivity index (χ0n) is 54.6. The standard InChI is InChI=1S/C24H32ClF2N3O3.C24H33F2N3O3.C20H25ClF2N2O.ClH/c1-24(2,3)33-23(31)29(4)14-20-21(25)22(30(28-20)13-16-8-6-5-7-9-16)32-15-17-12-18(26)10-11-19(17)27;1-24(2,3)32-23(30)28(4)15-20-13-22(29(27-20)14-17-8-6-5-7-9-17)31-16-18-12-19(25)10-11-21(18)26;1-2-6-18-19(21)20(25(24-18)12-14-7-4-3-5-8-14)26-13-15-11-16(22)9-10-17(15)23;/h10-12,16H,5-9,13-15H2,1-4H3;10-13,17H,5-9,14-16H2,1-4H3;9-11,14H,2-8,12-13H2,1H3;1H. The van der Waals surface area contributed by atoms with E-state index in [0.717, 1.165) is 105 Å². The van der Waals surface area contributed by atoms with Crippen molar-refractivity contribution in [3.05, 3.63) is 139 Å². The summed E-state index contributed by atoms with van der Waals surface area (Å²) >= 11 is 13.1. The minimum Gasteiger partial charge on any atom is -0.473 e. The molecule has 3 heterocycles. The number of carbonyl (C=O) groups is 2. The summed E-state index contributed by atoms with van der Waals surface area (Å²) in [5.74, 6) is -0.403. The molecule has 92 heavy (non-hydrogen) atoms. The second-order valence-electron chi connectivity index (χ2n) is 26.2. The van der Waals surface area contributed by atoms with Gasteiger partial charge in [-0.05, 0) is 159 Å². The number of rotatable bonds is 21. The molecule has 15 nitrogen and oxygen atoms in total.